The van der Waals surface area contributed by atoms with Crippen molar-refractivity contribution < 1.29 is 9.90 Å². The minimum Gasteiger partial charge on any atom is -0.394 e. The topological polar surface area (TPSA) is 70.4 Å². The maximum atomic E-state index is 12.0. The second-order valence-electron chi connectivity index (χ2n) is 5.62. The van der Waals surface area contributed by atoms with Gasteiger partial charge >= 0.3 is 6.03 Å². The van der Waals surface area contributed by atoms with Crippen molar-refractivity contribution in [2.24, 2.45) is 5.92 Å². The monoisotopic (exact) mass is 282 g/mol. The van der Waals surface area contributed by atoms with E-state index < -0.39 is 0 Å². The summed E-state index contributed by atoms with van der Waals surface area (Å²) < 4.78 is 1.91. The Bertz CT molecular complexity index is 442. The highest BCUT2D eigenvalue weighted by Gasteiger charge is 2.17. The molecule has 1 aromatic heterocycles. The van der Waals surface area contributed by atoms with E-state index in [-0.39, 0.29) is 18.7 Å². The van der Waals surface area contributed by atoms with Crippen LogP contribution in [0.1, 0.15) is 32.9 Å². The van der Waals surface area contributed by atoms with Crippen LogP contribution >= 0.6 is 0 Å². The second kappa shape index (κ2) is 7.28. The Kier molecular flexibility index (Phi) is 6.01. The molecule has 2 N–H and O–H groups in total. The zero-order valence-electron chi connectivity index (χ0n) is 13.1. The van der Waals surface area contributed by atoms with Crippen LogP contribution in [0, 0.1) is 12.8 Å². The number of carbonyl (C=O) groups is 1. The number of urea groups is 1. The molecule has 1 rings (SSSR count). The van der Waals surface area contributed by atoms with Gasteiger partial charge < -0.3 is 15.3 Å². The molecule has 0 fully saturated rings. The van der Waals surface area contributed by atoms with Gasteiger partial charge in [0.2, 0.25) is 0 Å². The summed E-state index contributed by atoms with van der Waals surface area (Å²) in [5.74, 6) is 0.619. The van der Waals surface area contributed by atoms with E-state index in [9.17, 15) is 4.79 Å². The van der Waals surface area contributed by atoms with E-state index in [1.807, 2.05) is 11.6 Å². The van der Waals surface area contributed by atoms with Crippen molar-refractivity contribution in [1.82, 2.24) is 14.7 Å². The molecule has 0 aliphatic rings. The van der Waals surface area contributed by atoms with E-state index in [4.69, 9.17) is 5.11 Å². The fourth-order valence-corrected chi connectivity index (χ4v) is 1.70. The predicted octanol–water partition coefficient (Wildman–Crippen LogP) is 2.08. The number of nitrogens with one attached hydrogen (secondary N) is 1. The number of hydrogen-bond acceptors (Lipinski definition) is 3. The zero-order valence-corrected chi connectivity index (χ0v) is 13.1. The average molecular weight is 282 g/mol. The summed E-state index contributed by atoms with van der Waals surface area (Å²) in [4.78, 5) is 13.5. The first-order valence-corrected chi connectivity index (χ1v) is 7.03. The normalized spacial score (nSPS) is 12.6. The fraction of sp³-hybridized carbons (Fsp3) is 0.714. The largest absolute Gasteiger partial charge is 0.394 e. The molecule has 1 aromatic rings. The van der Waals surface area contributed by atoms with Gasteiger partial charge in [-0.25, -0.2) is 4.79 Å². The van der Waals surface area contributed by atoms with Crippen molar-refractivity contribution in [3.63, 3.8) is 0 Å². The molecular weight excluding hydrogens is 256 g/mol. The van der Waals surface area contributed by atoms with Gasteiger partial charge in [-0.2, -0.15) is 5.10 Å². The highest BCUT2D eigenvalue weighted by atomic mass is 16.3. The number of aliphatic hydroxyl groups is 1. The summed E-state index contributed by atoms with van der Waals surface area (Å²) >= 11 is 0. The first-order valence-electron chi connectivity index (χ1n) is 7.03. The van der Waals surface area contributed by atoms with E-state index in [1.54, 1.807) is 20.2 Å². The molecule has 0 spiro atoms. The van der Waals surface area contributed by atoms with E-state index in [0.29, 0.717) is 5.92 Å². The summed E-state index contributed by atoms with van der Waals surface area (Å²) in [6, 6.07) is -0.454. The summed E-state index contributed by atoms with van der Waals surface area (Å²) in [5.41, 5.74) is 1.67. The molecule has 0 aromatic carbocycles. The Balaban J connectivity index is 2.67. The standard InChI is InChI=1S/C14H26N4O2/c1-10(2)6-7-18-12(4)13(8-15-18)16-14(20)17(5)11(3)9-19/h8,10-11,19H,6-7,9H2,1-5H3,(H,16,20)/t11-/m0/s1. The Labute approximate surface area is 120 Å². The molecule has 0 unspecified atom stereocenters. The predicted molar refractivity (Wildman–Crippen MR) is 79.7 cm³/mol. The van der Waals surface area contributed by atoms with Crippen LogP contribution in [-0.4, -0.2) is 45.5 Å². The van der Waals surface area contributed by atoms with Gasteiger partial charge in [-0.15, -0.1) is 0 Å². The lowest BCUT2D eigenvalue weighted by molar-refractivity contribution is 0.166. The van der Waals surface area contributed by atoms with Crippen molar-refractivity contribution in [1.29, 1.82) is 0 Å². The molecule has 0 radical (unpaired) electrons. The van der Waals surface area contributed by atoms with Crippen molar-refractivity contribution in [2.45, 2.75) is 46.7 Å². The van der Waals surface area contributed by atoms with Gasteiger partial charge in [-0.05, 0) is 26.2 Å². The number of amides is 2. The molecule has 0 bridgehead atoms. The summed E-state index contributed by atoms with van der Waals surface area (Å²) in [5, 5.41) is 16.2. The number of hydrogen-bond donors (Lipinski definition) is 2. The number of anilines is 1. The van der Waals surface area contributed by atoms with Crippen LogP contribution in [0.2, 0.25) is 0 Å². The summed E-state index contributed by atoms with van der Waals surface area (Å²) in [6.07, 6.45) is 2.72. The van der Waals surface area contributed by atoms with Gasteiger partial charge in [-0.1, -0.05) is 13.8 Å². The van der Waals surface area contributed by atoms with Crippen molar-refractivity contribution >= 4 is 11.7 Å². The van der Waals surface area contributed by atoms with Crippen LogP contribution in [0.15, 0.2) is 6.20 Å². The smallest absolute Gasteiger partial charge is 0.322 e. The van der Waals surface area contributed by atoms with E-state index in [0.717, 1.165) is 24.3 Å². The molecule has 114 valence electrons. The molecule has 1 heterocycles. The Morgan fingerprint density at radius 3 is 2.70 bits per heavy atom. The first kappa shape index (κ1) is 16.5. The molecule has 0 aliphatic heterocycles. The number of carbonyl (C=O) groups excluding carboxylic acids is 1. The molecule has 0 aliphatic carbocycles. The highest BCUT2D eigenvalue weighted by Crippen LogP contribution is 2.16. The number of aromatic nitrogens is 2. The molecule has 6 heteroatoms. The van der Waals surface area contributed by atoms with Gasteiger partial charge in [0.1, 0.15) is 0 Å². The van der Waals surface area contributed by atoms with Crippen molar-refractivity contribution in [3.8, 4) is 0 Å². The van der Waals surface area contributed by atoms with Gasteiger partial charge in [0.15, 0.2) is 0 Å². The molecule has 0 saturated heterocycles. The first-order chi connectivity index (χ1) is 9.36. The van der Waals surface area contributed by atoms with Crippen LogP contribution in [0.25, 0.3) is 0 Å². The lowest BCUT2D eigenvalue weighted by Gasteiger charge is -2.23. The van der Waals surface area contributed by atoms with Gasteiger partial charge in [0.25, 0.3) is 0 Å². The van der Waals surface area contributed by atoms with Gasteiger partial charge in [-0.3, -0.25) is 4.68 Å². The third kappa shape index (κ3) is 4.23. The number of likely N-dealkylation sites (N-methyl/N-ethyl adjacent to an activating group) is 1. The zero-order chi connectivity index (χ0) is 15.3. The Morgan fingerprint density at radius 1 is 1.50 bits per heavy atom. The van der Waals surface area contributed by atoms with Crippen LogP contribution in [-0.2, 0) is 6.54 Å². The molecule has 6 nitrogen and oxygen atoms in total. The maximum absolute atomic E-state index is 12.0. The minimum absolute atomic E-state index is 0.0590. The van der Waals surface area contributed by atoms with Crippen LogP contribution in [0.5, 0.6) is 0 Å². The number of nitrogens with zero attached hydrogens (tertiary/aromatic N) is 3. The lowest BCUT2D eigenvalue weighted by Crippen LogP contribution is -2.40. The lowest BCUT2D eigenvalue weighted by atomic mass is 10.1. The van der Waals surface area contributed by atoms with Crippen LogP contribution < -0.4 is 5.32 Å². The number of rotatable bonds is 6. The molecule has 2 amide bonds. The molecular formula is C14H26N4O2. The third-order valence-electron chi connectivity index (χ3n) is 3.51. The molecule has 20 heavy (non-hydrogen) atoms. The van der Waals surface area contributed by atoms with E-state index >= 15 is 0 Å². The van der Waals surface area contributed by atoms with Crippen molar-refractivity contribution in [2.75, 3.05) is 19.0 Å². The minimum atomic E-state index is -0.238. The SMILES string of the molecule is Cc1c(NC(=O)N(C)[C@@H](C)CO)cnn1CCC(C)C. The maximum Gasteiger partial charge on any atom is 0.322 e. The second-order valence-corrected chi connectivity index (χ2v) is 5.62. The van der Waals surface area contributed by atoms with E-state index in [2.05, 4.69) is 24.3 Å². The Hall–Kier alpha value is -1.56. The van der Waals surface area contributed by atoms with Crippen molar-refractivity contribution in [3.05, 3.63) is 11.9 Å². The van der Waals surface area contributed by atoms with Gasteiger partial charge in [0.05, 0.1) is 30.2 Å². The van der Waals surface area contributed by atoms with Gasteiger partial charge in [0, 0.05) is 13.6 Å². The van der Waals surface area contributed by atoms with Crippen LogP contribution in [0.4, 0.5) is 10.5 Å². The Morgan fingerprint density at radius 2 is 2.15 bits per heavy atom. The third-order valence-corrected chi connectivity index (χ3v) is 3.51. The number of aryl methyl sites for hydroxylation is 1. The average Bonchev–Trinajstić information content (AvgIpc) is 2.75. The fourth-order valence-electron chi connectivity index (χ4n) is 1.70. The summed E-state index contributed by atoms with van der Waals surface area (Å²) in [6.45, 7) is 8.87. The summed E-state index contributed by atoms with van der Waals surface area (Å²) in [7, 11) is 1.66. The molecule has 0 saturated carbocycles. The van der Waals surface area contributed by atoms with E-state index in [1.165, 1.54) is 4.90 Å². The molecule has 1 atom stereocenters. The van der Waals surface area contributed by atoms with Crippen LogP contribution in [0.3, 0.4) is 0 Å². The highest BCUT2D eigenvalue weighted by molar-refractivity contribution is 5.89. The quantitative estimate of drug-likeness (QED) is 0.839. The number of aliphatic hydroxyl groups excluding tert-OH is 1.